The predicted molar refractivity (Wildman–Crippen MR) is 117 cm³/mol. The number of benzene rings is 2. The molecule has 9 heteroatoms. The number of amides is 2. The Bertz CT molecular complexity index is 1020. The van der Waals surface area contributed by atoms with E-state index in [1.807, 2.05) is 0 Å². The van der Waals surface area contributed by atoms with E-state index in [0.717, 1.165) is 18.4 Å². The normalized spacial score (nSPS) is 16.7. The molecule has 0 radical (unpaired) electrons. The number of nitrogens with zero attached hydrogens (tertiary/aromatic N) is 1. The van der Waals surface area contributed by atoms with Crippen LogP contribution in [0.3, 0.4) is 0 Å². The van der Waals surface area contributed by atoms with Gasteiger partial charge in [-0.1, -0.05) is 25.5 Å². The highest BCUT2D eigenvalue weighted by molar-refractivity contribution is 7.89. The van der Waals surface area contributed by atoms with Gasteiger partial charge in [0.15, 0.2) is 0 Å². The second kappa shape index (κ2) is 10.0. The van der Waals surface area contributed by atoms with Gasteiger partial charge in [0.2, 0.25) is 15.9 Å². The number of rotatable bonds is 10. The van der Waals surface area contributed by atoms with Crippen molar-refractivity contribution in [3.63, 3.8) is 0 Å². The highest BCUT2D eigenvalue weighted by Crippen LogP contribution is 2.25. The lowest BCUT2D eigenvalue weighted by molar-refractivity contribution is -0.121. The van der Waals surface area contributed by atoms with E-state index >= 15 is 0 Å². The lowest BCUT2D eigenvalue weighted by Crippen LogP contribution is -2.39. The van der Waals surface area contributed by atoms with Crippen LogP contribution in [-0.2, 0) is 26.0 Å². The number of carbonyl (C=O) groups is 2. The minimum atomic E-state index is -3.72. The fourth-order valence-corrected chi connectivity index (χ4v) is 3.84. The summed E-state index contributed by atoms with van der Waals surface area (Å²) in [5, 5.41) is 8.21. The molecule has 0 bridgehead atoms. The molecule has 1 saturated heterocycles. The van der Waals surface area contributed by atoms with Crippen molar-refractivity contribution in [1.82, 2.24) is 5.32 Å². The van der Waals surface area contributed by atoms with Crippen LogP contribution in [0.15, 0.2) is 53.4 Å². The average Bonchev–Trinajstić information content (AvgIpc) is 3.02. The van der Waals surface area contributed by atoms with Crippen molar-refractivity contribution in [1.29, 1.82) is 0 Å². The fraction of sp³-hybridized carbons (Fsp3) is 0.364. The van der Waals surface area contributed by atoms with Gasteiger partial charge in [0.05, 0.1) is 29.7 Å². The molecular weight excluding hydrogens is 418 g/mol. The largest absolute Gasteiger partial charge is 0.494 e. The third kappa shape index (κ3) is 5.90. The lowest BCUT2D eigenvalue weighted by Gasteiger charge is -2.16. The van der Waals surface area contributed by atoms with Gasteiger partial charge < -0.3 is 10.1 Å². The van der Waals surface area contributed by atoms with Crippen molar-refractivity contribution >= 4 is 27.5 Å². The molecule has 2 aromatic carbocycles. The van der Waals surface area contributed by atoms with E-state index < -0.39 is 16.1 Å². The van der Waals surface area contributed by atoms with Gasteiger partial charge in [0.25, 0.3) is 5.91 Å². The summed E-state index contributed by atoms with van der Waals surface area (Å²) in [4.78, 5) is 26.4. The molecule has 1 fully saturated rings. The van der Waals surface area contributed by atoms with E-state index in [4.69, 9.17) is 9.88 Å². The van der Waals surface area contributed by atoms with Gasteiger partial charge in [-0.15, -0.1) is 0 Å². The Hall–Kier alpha value is -2.75. The fourth-order valence-electron chi connectivity index (χ4n) is 3.32. The first kappa shape index (κ1) is 22.9. The summed E-state index contributed by atoms with van der Waals surface area (Å²) in [6.07, 6.45) is 2.68. The van der Waals surface area contributed by atoms with Gasteiger partial charge in [-0.2, -0.15) is 0 Å². The van der Waals surface area contributed by atoms with Crippen molar-refractivity contribution in [3.8, 4) is 5.75 Å². The van der Waals surface area contributed by atoms with Gasteiger partial charge in [-0.25, -0.2) is 18.5 Å². The van der Waals surface area contributed by atoms with Crippen LogP contribution in [0.25, 0.3) is 0 Å². The van der Waals surface area contributed by atoms with Crippen LogP contribution in [0, 0.1) is 0 Å². The highest BCUT2D eigenvalue weighted by atomic mass is 32.2. The molecule has 0 saturated carbocycles. The van der Waals surface area contributed by atoms with E-state index in [0.29, 0.717) is 31.0 Å². The maximum atomic E-state index is 12.7. The van der Waals surface area contributed by atoms with E-state index in [1.165, 1.54) is 17.0 Å². The smallest absolute Gasteiger partial charge is 0.251 e. The minimum absolute atomic E-state index is 0.0539. The molecule has 31 heavy (non-hydrogen) atoms. The molecule has 1 aliphatic rings. The Morgan fingerprint density at radius 2 is 1.77 bits per heavy atom. The van der Waals surface area contributed by atoms with E-state index in [1.54, 1.807) is 36.4 Å². The molecule has 1 unspecified atom stereocenters. The molecule has 3 rings (SSSR count). The number of hydrogen-bond acceptors (Lipinski definition) is 6. The van der Waals surface area contributed by atoms with Crippen LogP contribution in [0.4, 0.5) is 5.69 Å². The minimum Gasteiger partial charge on any atom is -0.494 e. The van der Waals surface area contributed by atoms with Crippen molar-refractivity contribution in [2.24, 2.45) is 5.14 Å². The number of primary sulfonamides is 1. The van der Waals surface area contributed by atoms with Crippen LogP contribution in [0.2, 0.25) is 0 Å². The summed E-state index contributed by atoms with van der Waals surface area (Å²) in [7, 11) is -3.72. The quantitative estimate of drug-likeness (QED) is 0.426. The molecule has 8 nitrogen and oxygen atoms in total. The number of sulfonamides is 1. The summed E-state index contributed by atoms with van der Waals surface area (Å²) in [6.45, 7) is 3.19. The number of unbranched alkanes of at least 4 members (excludes halogenated alkanes) is 1. The zero-order valence-electron chi connectivity index (χ0n) is 17.4. The Morgan fingerprint density at radius 3 is 2.39 bits per heavy atom. The molecule has 2 aromatic rings. The van der Waals surface area contributed by atoms with Crippen molar-refractivity contribution < 1.29 is 22.7 Å². The number of carbonyl (C=O) groups excluding carboxylic acids is 2. The van der Waals surface area contributed by atoms with E-state index in [9.17, 15) is 18.0 Å². The number of hydrogen-bond donors (Lipinski definition) is 2. The summed E-state index contributed by atoms with van der Waals surface area (Å²) < 4.78 is 28.2. The van der Waals surface area contributed by atoms with Gasteiger partial charge in [-0.3, -0.25) is 9.59 Å². The van der Waals surface area contributed by atoms with Gasteiger partial charge in [-0.05, 0) is 61.3 Å². The Kier molecular flexibility index (Phi) is 7.42. The van der Waals surface area contributed by atoms with Gasteiger partial charge in [0, 0.05) is 0 Å². The number of nitrogens with one attached hydrogen (secondary N) is 1. The first-order valence-electron chi connectivity index (χ1n) is 10.2. The van der Waals surface area contributed by atoms with E-state index in [-0.39, 0.29) is 23.1 Å². The first-order valence-corrected chi connectivity index (χ1v) is 11.8. The average molecular weight is 446 g/mol. The summed E-state index contributed by atoms with van der Waals surface area (Å²) >= 11 is 0. The van der Waals surface area contributed by atoms with Gasteiger partial charge in [0.1, 0.15) is 5.75 Å². The second-order valence-corrected chi connectivity index (χ2v) is 8.97. The lowest BCUT2D eigenvalue weighted by atomic mass is 10.1. The van der Waals surface area contributed by atoms with Crippen molar-refractivity contribution in [2.75, 3.05) is 18.1 Å². The number of nitrogens with two attached hydrogens (primary N) is 1. The molecule has 2 amide bonds. The number of anilines is 1. The van der Waals surface area contributed by atoms with Crippen LogP contribution >= 0.6 is 0 Å². The van der Waals surface area contributed by atoms with Crippen LogP contribution < -0.4 is 20.1 Å². The van der Waals surface area contributed by atoms with Crippen molar-refractivity contribution in [2.45, 2.75) is 43.5 Å². The molecule has 1 aliphatic heterocycles. The SMILES string of the molecule is CCCCOc1ccc(N2C(=O)CC(NCCc3ccc(S(N)(=O)=O)cc3)C2=O)cc1. The summed E-state index contributed by atoms with van der Waals surface area (Å²) in [5.74, 6) is 0.174. The first-order chi connectivity index (χ1) is 14.8. The molecule has 166 valence electrons. The zero-order valence-corrected chi connectivity index (χ0v) is 18.2. The molecule has 1 heterocycles. The van der Waals surface area contributed by atoms with Crippen LogP contribution in [-0.4, -0.2) is 39.4 Å². The Labute approximate surface area is 182 Å². The highest BCUT2D eigenvalue weighted by Gasteiger charge is 2.39. The molecule has 0 aromatic heterocycles. The van der Waals surface area contributed by atoms with Crippen LogP contribution in [0.1, 0.15) is 31.7 Å². The molecular formula is C22H27N3O5S. The zero-order chi connectivity index (χ0) is 22.4. The predicted octanol–water partition coefficient (Wildman–Crippen LogP) is 1.98. The Balaban J connectivity index is 1.54. The van der Waals surface area contributed by atoms with E-state index in [2.05, 4.69) is 12.2 Å². The molecule has 1 atom stereocenters. The molecule has 0 aliphatic carbocycles. The Morgan fingerprint density at radius 1 is 1.10 bits per heavy atom. The molecule has 3 N–H and O–H groups in total. The molecule has 0 spiro atoms. The third-order valence-corrected chi connectivity index (χ3v) is 5.99. The monoisotopic (exact) mass is 445 g/mol. The van der Waals surface area contributed by atoms with Gasteiger partial charge >= 0.3 is 0 Å². The maximum Gasteiger partial charge on any atom is 0.251 e. The topological polar surface area (TPSA) is 119 Å². The number of imide groups is 1. The van der Waals surface area contributed by atoms with Crippen molar-refractivity contribution in [3.05, 3.63) is 54.1 Å². The summed E-state index contributed by atoms with van der Waals surface area (Å²) in [6, 6.07) is 12.6. The third-order valence-electron chi connectivity index (χ3n) is 5.06. The number of ether oxygens (including phenoxy) is 1. The van der Waals surface area contributed by atoms with Crippen LogP contribution in [0.5, 0.6) is 5.75 Å². The maximum absolute atomic E-state index is 12.7. The summed E-state index contributed by atoms with van der Waals surface area (Å²) in [5.41, 5.74) is 1.42. The standard InChI is InChI=1S/C22H27N3O5S/c1-2-3-14-30-18-8-6-17(7-9-18)25-21(26)15-20(22(25)27)24-13-12-16-4-10-19(11-5-16)31(23,28)29/h4-11,20,24H,2-3,12-15H2,1H3,(H2,23,28,29). The second-order valence-electron chi connectivity index (χ2n) is 7.41.